The summed E-state index contributed by atoms with van der Waals surface area (Å²) in [4.78, 5) is 0. The number of hydrogen-bond acceptors (Lipinski definition) is 3. The molecule has 0 saturated carbocycles. The second-order valence-electron chi connectivity index (χ2n) is 4.83. The molecular weight excluding hydrogens is 262 g/mol. The van der Waals surface area contributed by atoms with E-state index in [1.54, 1.807) is 0 Å². The minimum absolute atomic E-state index is 0.0113. The average Bonchev–Trinajstić information content (AvgIpc) is 2.34. The van der Waals surface area contributed by atoms with Gasteiger partial charge in [0.15, 0.2) is 0 Å². The normalized spacial score (nSPS) is 14.4. The van der Waals surface area contributed by atoms with E-state index < -0.39 is 0 Å². The summed E-state index contributed by atoms with van der Waals surface area (Å²) in [6.45, 7) is 9.70. The summed E-state index contributed by atoms with van der Waals surface area (Å²) in [5.41, 5.74) is 0. The second kappa shape index (κ2) is 8.41. The molecule has 0 bridgehead atoms. The third kappa shape index (κ3) is 6.28. The SMILES string of the molecule is CCNC(COC(C)C)C(C)Oc1cccc(Cl)c1. The zero-order chi connectivity index (χ0) is 14.3. The Hall–Kier alpha value is -0.770. The summed E-state index contributed by atoms with van der Waals surface area (Å²) in [6, 6.07) is 7.62. The number of rotatable bonds is 8. The van der Waals surface area contributed by atoms with Gasteiger partial charge in [-0.1, -0.05) is 24.6 Å². The van der Waals surface area contributed by atoms with Gasteiger partial charge in [-0.3, -0.25) is 0 Å². The van der Waals surface area contributed by atoms with Crippen LogP contribution in [0.25, 0.3) is 0 Å². The predicted molar refractivity (Wildman–Crippen MR) is 80.1 cm³/mol. The highest BCUT2D eigenvalue weighted by atomic mass is 35.5. The molecule has 0 spiro atoms. The van der Waals surface area contributed by atoms with Crippen molar-refractivity contribution in [3.63, 3.8) is 0 Å². The largest absolute Gasteiger partial charge is 0.489 e. The lowest BCUT2D eigenvalue weighted by Crippen LogP contribution is -2.45. The molecule has 19 heavy (non-hydrogen) atoms. The van der Waals surface area contributed by atoms with E-state index in [1.165, 1.54) is 0 Å². The van der Waals surface area contributed by atoms with E-state index in [0.29, 0.717) is 11.6 Å². The Morgan fingerprint density at radius 2 is 2.00 bits per heavy atom. The summed E-state index contributed by atoms with van der Waals surface area (Å²) >= 11 is 5.95. The average molecular weight is 286 g/mol. The van der Waals surface area contributed by atoms with Gasteiger partial charge < -0.3 is 14.8 Å². The summed E-state index contributed by atoms with van der Waals surface area (Å²) in [6.07, 6.45) is 0.233. The molecule has 3 nitrogen and oxygen atoms in total. The van der Waals surface area contributed by atoms with E-state index in [4.69, 9.17) is 21.1 Å². The van der Waals surface area contributed by atoms with Gasteiger partial charge in [-0.15, -0.1) is 0 Å². The molecule has 108 valence electrons. The summed E-state index contributed by atoms with van der Waals surface area (Å²) in [5.74, 6) is 0.785. The van der Waals surface area contributed by atoms with E-state index in [2.05, 4.69) is 12.2 Å². The van der Waals surface area contributed by atoms with Crippen molar-refractivity contribution < 1.29 is 9.47 Å². The lowest BCUT2D eigenvalue weighted by molar-refractivity contribution is 0.0325. The fourth-order valence-electron chi connectivity index (χ4n) is 1.76. The fourth-order valence-corrected chi connectivity index (χ4v) is 1.94. The van der Waals surface area contributed by atoms with Crippen molar-refractivity contribution in [3.8, 4) is 5.75 Å². The van der Waals surface area contributed by atoms with Crippen LogP contribution in [0.3, 0.4) is 0 Å². The van der Waals surface area contributed by atoms with Crippen molar-refractivity contribution in [3.05, 3.63) is 29.3 Å². The fraction of sp³-hybridized carbons (Fsp3) is 0.600. The summed E-state index contributed by atoms with van der Waals surface area (Å²) in [7, 11) is 0. The zero-order valence-corrected chi connectivity index (χ0v) is 12.9. The van der Waals surface area contributed by atoms with Crippen LogP contribution in [0.15, 0.2) is 24.3 Å². The first-order chi connectivity index (χ1) is 9.02. The Kier molecular flexibility index (Phi) is 7.21. The molecule has 1 rings (SSSR count). The molecule has 1 aromatic rings. The number of hydrogen-bond donors (Lipinski definition) is 1. The quantitative estimate of drug-likeness (QED) is 0.793. The standard InChI is InChI=1S/C15H24ClNO2/c1-5-17-15(10-18-11(2)3)12(4)19-14-8-6-7-13(16)9-14/h6-9,11-12,15,17H,5,10H2,1-4H3. The number of nitrogens with one attached hydrogen (secondary N) is 1. The first-order valence-electron chi connectivity index (χ1n) is 6.80. The molecule has 0 aliphatic heterocycles. The third-order valence-corrected chi connectivity index (χ3v) is 3.00. The van der Waals surface area contributed by atoms with E-state index >= 15 is 0 Å². The van der Waals surface area contributed by atoms with Crippen LogP contribution in [0.5, 0.6) is 5.75 Å². The number of halogens is 1. The molecule has 0 radical (unpaired) electrons. The van der Waals surface area contributed by atoms with Crippen molar-refractivity contribution in [1.82, 2.24) is 5.32 Å². The van der Waals surface area contributed by atoms with E-state index in [0.717, 1.165) is 12.3 Å². The maximum absolute atomic E-state index is 5.95. The van der Waals surface area contributed by atoms with Crippen LogP contribution >= 0.6 is 11.6 Å². The van der Waals surface area contributed by atoms with Gasteiger partial charge in [0.1, 0.15) is 11.9 Å². The first kappa shape index (κ1) is 16.3. The van der Waals surface area contributed by atoms with Crippen LogP contribution < -0.4 is 10.1 Å². The van der Waals surface area contributed by atoms with Gasteiger partial charge in [0, 0.05) is 5.02 Å². The van der Waals surface area contributed by atoms with Crippen molar-refractivity contribution in [2.75, 3.05) is 13.2 Å². The second-order valence-corrected chi connectivity index (χ2v) is 5.26. The molecule has 4 heteroatoms. The first-order valence-corrected chi connectivity index (χ1v) is 7.18. The molecular formula is C15H24ClNO2. The molecule has 0 aliphatic carbocycles. The molecule has 0 amide bonds. The van der Waals surface area contributed by atoms with Crippen LogP contribution in [0.4, 0.5) is 0 Å². The van der Waals surface area contributed by atoms with Crippen LogP contribution in [0, 0.1) is 0 Å². The maximum Gasteiger partial charge on any atom is 0.121 e. The minimum atomic E-state index is 0.0113. The molecule has 0 heterocycles. The Morgan fingerprint density at radius 3 is 2.58 bits per heavy atom. The van der Waals surface area contributed by atoms with Gasteiger partial charge >= 0.3 is 0 Å². The zero-order valence-electron chi connectivity index (χ0n) is 12.2. The lowest BCUT2D eigenvalue weighted by atomic mass is 10.2. The van der Waals surface area contributed by atoms with Gasteiger partial charge in [-0.25, -0.2) is 0 Å². The lowest BCUT2D eigenvalue weighted by Gasteiger charge is -2.26. The van der Waals surface area contributed by atoms with Crippen LogP contribution in [-0.4, -0.2) is 31.4 Å². The number of benzene rings is 1. The molecule has 0 fully saturated rings. The van der Waals surface area contributed by atoms with Gasteiger partial charge in [-0.2, -0.15) is 0 Å². The summed E-state index contributed by atoms with van der Waals surface area (Å²) < 4.78 is 11.6. The highest BCUT2D eigenvalue weighted by Gasteiger charge is 2.18. The highest BCUT2D eigenvalue weighted by Crippen LogP contribution is 2.19. The minimum Gasteiger partial charge on any atom is -0.489 e. The van der Waals surface area contributed by atoms with E-state index in [-0.39, 0.29) is 18.2 Å². The molecule has 0 aliphatic rings. The van der Waals surface area contributed by atoms with Crippen LogP contribution in [0.2, 0.25) is 5.02 Å². The van der Waals surface area contributed by atoms with Gasteiger partial charge in [-0.05, 0) is 45.5 Å². The molecule has 0 aromatic heterocycles. The molecule has 1 aromatic carbocycles. The smallest absolute Gasteiger partial charge is 0.121 e. The summed E-state index contributed by atoms with van der Waals surface area (Å²) in [5, 5.41) is 4.07. The predicted octanol–water partition coefficient (Wildman–Crippen LogP) is 3.51. The maximum atomic E-state index is 5.95. The molecule has 2 unspecified atom stereocenters. The Labute approximate surface area is 121 Å². The molecule has 2 atom stereocenters. The Bertz CT molecular complexity index is 371. The molecule has 0 saturated heterocycles. The highest BCUT2D eigenvalue weighted by molar-refractivity contribution is 6.30. The van der Waals surface area contributed by atoms with Crippen LogP contribution in [-0.2, 0) is 4.74 Å². The number of likely N-dealkylation sites (N-methyl/N-ethyl adjacent to an activating group) is 1. The van der Waals surface area contributed by atoms with Crippen molar-refractivity contribution in [2.24, 2.45) is 0 Å². The molecule has 1 N–H and O–H groups in total. The topological polar surface area (TPSA) is 30.5 Å². The van der Waals surface area contributed by atoms with E-state index in [1.807, 2.05) is 45.0 Å². The Morgan fingerprint density at radius 1 is 1.26 bits per heavy atom. The Balaban J connectivity index is 2.57. The number of ether oxygens (including phenoxy) is 2. The third-order valence-electron chi connectivity index (χ3n) is 2.76. The van der Waals surface area contributed by atoms with E-state index in [9.17, 15) is 0 Å². The van der Waals surface area contributed by atoms with Gasteiger partial charge in [0.05, 0.1) is 18.8 Å². The van der Waals surface area contributed by atoms with Crippen molar-refractivity contribution in [1.29, 1.82) is 0 Å². The van der Waals surface area contributed by atoms with Crippen molar-refractivity contribution >= 4 is 11.6 Å². The van der Waals surface area contributed by atoms with Crippen molar-refractivity contribution in [2.45, 2.75) is 45.9 Å². The van der Waals surface area contributed by atoms with Crippen LogP contribution in [0.1, 0.15) is 27.7 Å². The van der Waals surface area contributed by atoms with Gasteiger partial charge in [0.25, 0.3) is 0 Å². The monoisotopic (exact) mass is 285 g/mol. The van der Waals surface area contributed by atoms with Gasteiger partial charge in [0.2, 0.25) is 0 Å².